The summed E-state index contributed by atoms with van der Waals surface area (Å²) in [5, 5.41) is 0. The highest BCUT2D eigenvalue weighted by Gasteiger charge is 2.06. The molecule has 2 N–H and O–H groups in total. The molecule has 2 aromatic heterocycles. The van der Waals surface area contributed by atoms with Crippen LogP contribution in [0, 0.1) is 0 Å². The number of carbonyl (C=O) groups is 1. The number of nitrogen functional groups attached to an aromatic ring is 1. The van der Waals surface area contributed by atoms with E-state index >= 15 is 0 Å². The van der Waals surface area contributed by atoms with Crippen LogP contribution in [0.5, 0.6) is 0 Å². The fraction of sp³-hybridized carbons (Fsp3) is 0.273. The van der Waals surface area contributed by atoms with Gasteiger partial charge in [-0.15, -0.1) is 0 Å². The van der Waals surface area contributed by atoms with Gasteiger partial charge < -0.3 is 15.0 Å². The Morgan fingerprint density at radius 2 is 2.33 bits per heavy atom. The van der Waals surface area contributed by atoms with Crippen LogP contribution in [-0.4, -0.2) is 32.1 Å². The summed E-state index contributed by atoms with van der Waals surface area (Å²) in [6, 6.07) is 0. The lowest BCUT2D eigenvalue weighted by atomic mass is 10.4. The molecule has 0 atom stereocenters. The van der Waals surface area contributed by atoms with E-state index < -0.39 is 0 Å². The first kappa shape index (κ1) is 12.0. The van der Waals surface area contributed by atoms with Crippen molar-refractivity contribution in [3.8, 4) is 0 Å². The predicted octanol–water partition coefficient (Wildman–Crippen LogP) is 0.528. The number of imidazole rings is 1. The van der Waals surface area contributed by atoms with E-state index in [4.69, 9.17) is 10.5 Å². The smallest absolute Gasteiger partial charge is 0.330 e. The maximum atomic E-state index is 11.1. The van der Waals surface area contributed by atoms with Crippen molar-refractivity contribution >= 4 is 23.0 Å². The molecule has 0 fully saturated rings. The topological polar surface area (TPSA) is 95.9 Å². The van der Waals surface area contributed by atoms with E-state index in [0.717, 1.165) is 0 Å². The predicted molar refractivity (Wildman–Crippen MR) is 65.5 cm³/mol. The van der Waals surface area contributed by atoms with Crippen LogP contribution in [-0.2, 0) is 16.1 Å². The zero-order valence-electron chi connectivity index (χ0n) is 9.91. The van der Waals surface area contributed by atoms with E-state index in [2.05, 4.69) is 15.0 Å². The summed E-state index contributed by atoms with van der Waals surface area (Å²) >= 11 is 0. The molecule has 0 amide bonds. The Bertz CT molecular complexity index is 590. The van der Waals surface area contributed by atoms with Gasteiger partial charge in [0.05, 0.1) is 12.9 Å². The molecule has 0 aromatic carbocycles. The van der Waals surface area contributed by atoms with Crippen LogP contribution in [0.1, 0.15) is 6.92 Å². The molecule has 0 radical (unpaired) electrons. The molecule has 0 aliphatic carbocycles. The molecule has 7 nitrogen and oxygen atoms in total. The van der Waals surface area contributed by atoms with Crippen molar-refractivity contribution in [2.45, 2.75) is 13.5 Å². The summed E-state index contributed by atoms with van der Waals surface area (Å²) in [6.07, 6.45) is 6.04. The molecule has 0 saturated heterocycles. The van der Waals surface area contributed by atoms with Gasteiger partial charge in [-0.3, -0.25) is 0 Å². The minimum absolute atomic E-state index is 0.341. The molecular formula is C11H13N5O2. The first-order valence-electron chi connectivity index (χ1n) is 5.47. The fourth-order valence-corrected chi connectivity index (χ4v) is 1.49. The number of carbonyl (C=O) groups excluding carboxylic acids is 1. The lowest BCUT2D eigenvalue weighted by Crippen LogP contribution is -2.01. The normalized spacial score (nSPS) is 11.2. The number of allylic oxidation sites excluding steroid dienone is 1. The third kappa shape index (κ3) is 2.45. The minimum atomic E-state index is -0.365. The Hall–Kier alpha value is -2.44. The maximum absolute atomic E-state index is 11.1. The van der Waals surface area contributed by atoms with Crippen LogP contribution in [0.15, 0.2) is 24.8 Å². The highest BCUT2D eigenvalue weighted by molar-refractivity contribution is 5.82. The van der Waals surface area contributed by atoms with Gasteiger partial charge in [-0.1, -0.05) is 6.08 Å². The summed E-state index contributed by atoms with van der Waals surface area (Å²) in [6.45, 7) is 2.58. The van der Waals surface area contributed by atoms with Crippen LogP contribution >= 0.6 is 0 Å². The highest BCUT2D eigenvalue weighted by atomic mass is 16.5. The van der Waals surface area contributed by atoms with E-state index in [-0.39, 0.29) is 5.97 Å². The van der Waals surface area contributed by atoms with Gasteiger partial charge in [-0.25, -0.2) is 19.7 Å². The van der Waals surface area contributed by atoms with Gasteiger partial charge in [0, 0.05) is 12.6 Å². The van der Waals surface area contributed by atoms with Gasteiger partial charge in [-0.05, 0) is 6.92 Å². The molecule has 2 rings (SSSR count). The number of rotatable bonds is 4. The summed E-state index contributed by atoms with van der Waals surface area (Å²) in [5.41, 5.74) is 6.86. The Kier molecular flexibility index (Phi) is 3.52. The third-order valence-corrected chi connectivity index (χ3v) is 2.27. The van der Waals surface area contributed by atoms with Crippen LogP contribution < -0.4 is 5.73 Å². The third-order valence-electron chi connectivity index (χ3n) is 2.27. The number of ether oxygens (including phenoxy) is 1. The van der Waals surface area contributed by atoms with Crippen molar-refractivity contribution < 1.29 is 9.53 Å². The van der Waals surface area contributed by atoms with Gasteiger partial charge >= 0.3 is 5.97 Å². The monoisotopic (exact) mass is 247 g/mol. The van der Waals surface area contributed by atoms with Crippen LogP contribution in [0.3, 0.4) is 0 Å². The Morgan fingerprint density at radius 1 is 1.50 bits per heavy atom. The number of aromatic nitrogens is 4. The number of nitrogens with zero attached hydrogens (tertiary/aromatic N) is 4. The van der Waals surface area contributed by atoms with Gasteiger partial charge in [0.25, 0.3) is 0 Å². The molecule has 7 heteroatoms. The van der Waals surface area contributed by atoms with E-state index in [0.29, 0.717) is 30.1 Å². The van der Waals surface area contributed by atoms with Crippen LogP contribution in [0.2, 0.25) is 0 Å². The Balaban J connectivity index is 2.13. The first-order chi connectivity index (χ1) is 8.72. The lowest BCUT2D eigenvalue weighted by Gasteiger charge is -1.99. The standard InChI is InChI=1S/C11H13N5O2/c1-2-18-8(17)4-3-5-16-7-15-9-10(12)13-6-14-11(9)16/h3-4,6-7H,2,5H2,1H3,(H2,12,13,14)/b4-3+. The maximum Gasteiger partial charge on any atom is 0.330 e. The van der Waals surface area contributed by atoms with Crippen molar-refractivity contribution in [1.29, 1.82) is 0 Å². The highest BCUT2D eigenvalue weighted by Crippen LogP contribution is 2.13. The molecule has 0 spiro atoms. The summed E-state index contributed by atoms with van der Waals surface area (Å²) in [4.78, 5) is 23.2. The van der Waals surface area contributed by atoms with Gasteiger partial charge in [-0.2, -0.15) is 0 Å². The SMILES string of the molecule is CCOC(=O)/C=C/Cn1cnc2c(N)ncnc21. The second-order valence-corrected chi connectivity index (χ2v) is 3.48. The summed E-state index contributed by atoms with van der Waals surface area (Å²) in [5.74, 6) is -0.0239. The molecule has 0 bridgehead atoms. The molecule has 0 aliphatic heterocycles. The fourth-order valence-electron chi connectivity index (χ4n) is 1.49. The average Bonchev–Trinajstić information content (AvgIpc) is 2.75. The van der Waals surface area contributed by atoms with Crippen LogP contribution in [0.4, 0.5) is 5.82 Å². The van der Waals surface area contributed by atoms with Crippen molar-refractivity contribution in [1.82, 2.24) is 19.5 Å². The molecule has 2 aromatic rings. The van der Waals surface area contributed by atoms with E-state index in [9.17, 15) is 4.79 Å². The quantitative estimate of drug-likeness (QED) is 0.625. The van der Waals surface area contributed by atoms with Crippen molar-refractivity contribution in [3.63, 3.8) is 0 Å². The van der Waals surface area contributed by atoms with Crippen molar-refractivity contribution in [2.75, 3.05) is 12.3 Å². The second kappa shape index (κ2) is 5.26. The van der Waals surface area contributed by atoms with E-state index in [1.165, 1.54) is 12.4 Å². The Labute approximate surface area is 103 Å². The van der Waals surface area contributed by atoms with E-state index in [1.54, 1.807) is 23.9 Å². The number of hydrogen-bond acceptors (Lipinski definition) is 6. The molecule has 18 heavy (non-hydrogen) atoms. The molecular weight excluding hydrogens is 234 g/mol. The van der Waals surface area contributed by atoms with Gasteiger partial charge in [0.2, 0.25) is 0 Å². The lowest BCUT2D eigenvalue weighted by molar-refractivity contribution is -0.137. The molecule has 0 saturated carbocycles. The first-order valence-corrected chi connectivity index (χ1v) is 5.47. The molecule has 0 aliphatic rings. The van der Waals surface area contributed by atoms with Crippen molar-refractivity contribution in [2.24, 2.45) is 0 Å². The molecule has 94 valence electrons. The number of anilines is 1. The number of fused-ring (bicyclic) bond motifs is 1. The summed E-state index contributed by atoms with van der Waals surface area (Å²) in [7, 11) is 0. The number of esters is 1. The zero-order valence-corrected chi connectivity index (χ0v) is 9.91. The second-order valence-electron chi connectivity index (χ2n) is 3.48. The van der Waals surface area contributed by atoms with Gasteiger partial charge in [0.15, 0.2) is 11.5 Å². The number of nitrogens with two attached hydrogens (primary N) is 1. The molecule has 0 unspecified atom stereocenters. The average molecular weight is 247 g/mol. The van der Waals surface area contributed by atoms with E-state index in [1.807, 2.05) is 0 Å². The summed E-state index contributed by atoms with van der Waals surface area (Å²) < 4.78 is 6.54. The molecule has 2 heterocycles. The van der Waals surface area contributed by atoms with Crippen molar-refractivity contribution in [3.05, 3.63) is 24.8 Å². The van der Waals surface area contributed by atoms with Crippen LogP contribution in [0.25, 0.3) is 11.2 Å². The zero-order chi connectivity index (χ0) is 13.0. The largest absolute Gasteiger partial charge is 0.463 e. The van der Waals surface area contributed by atoms with Gasteiger partial charge in [0.1, 0.15) is 11.8 Å². The Morgan fingerprint density at radius 3 is 3.11 bits per heavy atom. The number of hydrogen-bond donors (Lipinski definition) is 1. The minimum Gasteiger partial charge on any atom is -0.463 e.